The Morgan fingerprint density at radius 3 is 2.88 bits per heavy atom. The van der Waals surface area contributed by atoms with Crippen molar-refractivity contribution < 1.29 is 4.74 Å². The van der Waals surface area contributed by atoms with E-state index >= 15 is 0 Å². The topological polar surface area (TPSA) is 47.3 Å². The van der Waals surface area contributed by atoms with E-state index in [0.29, 0.717) is 19.6 Å². The molecule has 0 bridgehead atoms. The molecule has 1 rings (SSSR count). The van der Waals surface area contributed by atoms with Crippen molar-refractivity contribution in [3.8, 4) is 12.3 Å². The smallest absolute Gasteiger partial charge is 0.0716 e. The summed E-state index contributed by atoms with van der Waals surface area (Å²) in [6.45, 7) is 1.93. The largest absolute Gasteiger partial charge is 0.380 e. The first-order chi connectivity index (χ1) is 8.33. The van der Waals surface area contributed by atoms with Crippen molar-refractivity contribution in [2.45, 2.75) is 19.1 Å². The van der Waals surface area contributed by atoms with Crippen molar-refractivity contribution in [2.75, 3.05) is 20.2 Å². The molecule has 0 fully saturated rings. The van der Waals surface area contributed by atoms with Gasteiger partial charge in [0, 0.05) is 32.7 Å². The summed E-state index contributed by atoms with van der Waals surface area (Å²) < 4.78 is 5.19. The minimum atomic E-state index is 0.134. The SMILES string of the molecule is C#CCCNC(CN)c1ccccc1COC. The first-order valence-corrected chi connectivity index (χ1v) is 5.77. The molecule has 1 aromatic carbocycles. The summed E-state index contributed by atoms with van der Waals surface area (Å²) in [7, 11) is 1.69. The number of hydrogen-bond acceptors (Lipinski definition) is 3. The molecule has 3 nitrogen and oxygen atoms in total. The molecule has 0 spiro atoms. The third-order valence-electron chi connectivity index (χ3n) is 2.63. The molecule has 3 heteroatoms. The normalized spacial score (nSPS) is 12.1. The van der Waals surface area contributed by atoms with Gasteiger partial charge in [-0.25, -0.2) is 0 Å². The standard InChI is InChI=1S/C14H20N2O/c1-3-4-9-16-14(10-15)13-8-6-5-7-12(13)11-17-2/h1,5-8,14,16H,4,9-11,15H2,2H3. The Bertz CT molecular complexity index is 371. The van der Waals surface area contributed by atoms with Gasteiger partial charge in [0.2, 0.25) is 0 Å². The van der Waals surface area contributed by atoms with Crippen molar-refractivity contribution in [3.05, 3.63) is 35.4 Å². The van der Waals surface area contributed by atoms with Crippen molar-refractivity contribution in [2.24, 2.45) is 5.73 Å². The Kier molecular flexibility index (Phi) is 6.34. The molecular weight excluding hydrogens is 212 g/mol. The number of rotatable bonds is 7. The van der Waals surface area contributed by atoms with Crippen LogP contribution in [-0.2, 0) is 11.3 Å². The molecule has 1 aromatic rings. The second kappa shape index (κ2) is 7.86. The van der Waals surface area contributed by atoms with Crippen LogP contribution in [-0.4, -0.2) is 20.2 Å². The highest BCUT2D eigenvalue weighted by Crippen LogP contribution is 2.18. The molecule has 0 radical (unpaired) electrons. The van der Waals surface area contributed by atoms with Crippen LogP contribution in [0.4, 0.5) is 0 Å². The highest BCUT2D eigenvalue weighted by molar-refractivity contribution is 5.29. The van der Waals surface area contributed by atoms with E-state index in [0.717, 1.165) is 6.54 Å². The molecule has 0 aliphatic rings. The van der Waals surface area contributed by atoms with Gasteiger partial charge in [0.1, 0.15) is 0 Å². The lowest BCUT2D eigenvalue weighted by Gasteiger charge is -2.19. The lowest BCUT2D eigenvalue weighted by molar-refractivity contribution is 0.183. The van der Waals surface area contributed by atoms with Gasteiger partial charge < -0.3 is 15.8 Å². The summed E-state index contributed by atoms with van der Waals surface area (Å²) >= 11 is 0. The Morgan fingerprint density at radius 1 is 1.47 bits per heavy atom. The molecule has 0 aliphatic heterocycles. The molecule has 1 atom stereocenters. The van der Waals surface area contributed by atoms with Gasteiger partial charge in [0.15, 0.2) is 0 Å². The molecule has 0 saturated heterocycles. The monoisotopic (exact) mass is 232 g/mol. The number of nitrogens with two attached hydrogens (primary N) is 1. The average molecular weight is 232 g/mol. The van der Waals surface area contributed by atoms with E-state index in [1.807, 2.05) is 12.1 Å². The fourth-order valence-corrected chi connectivity index (χ4v) is 1.80. The predicted molar refractivity (Wildman–Crippen MR) is 70.4 cm³/mol. The maximum atomic E-state index is 5.80. The van der Waals surface area contributed by atoms with Gasteiger partial charge in [0.05, 0.1) is 6.61 Å². The van der Waals surface area contributed by atoms with E-state index in [2.05, 4.69) is 23.4 Å². The van der Waals surface area contributed by atoms with Crippen molar-refractivity contribution in [1.29, 1.82) is 0 Å². The van der Waals surface area contributed by atoms with Crippen LogP contribution in [0.25, 0.3) is 0 Å². The minimum absolute atomic E-state index is 0.134. The molecule has 0 saturated carbocycles. The number of hydrogen-bond donors (Lipinski definition) is 2. The molecule has 17 heavy (non-hydrogen) atoms. The zero-order valence-corrected chi connectivity index (χ0v) is 10.3. The average Bonchev–Trinajstić information content (AvgIpc) is 2.36. The predicted octanol–water partition coefficient (Wildman–Crippen LogP) is 1.45. The zero-order valence-electron chi connectivity index (χ0n) is 10.3. The van der Waals surface area contributed by atoms with Gasteiger partial charge in [-0.3, -0.25) is 0 Å². The number of methoxy groups -OCH3 is 1. The van der Waals surface area contributed by atoms with Crippen LogP contribution in [0, 0.1) is 12.3 Å². The van der Waals surface area contributed by atoms with Gasteiger partial charge in [-0.15, -0.1) is 12.3 Å². The number of benzene rings is 1. The van der Waals surface area contributed by atoms with Gasteiger partial charge in [0.25, 0.3) is 0 Å². The summed E-state index contributed by atoms with van der Waals surface area (Å²) in [6.07, 6.45) is 5.94. The molecule has 1 unspecified atom stereocenters. The fourth-order valence-electron chi connectivity index (χ4n) is 1.80. The fraction of sp³-hybridized carbons (Fsp3) is 0.429. The van der Waals surface area contributed by atoms with Crippen LogP contribution < -0.4 is 11.1 Å². The Balaban J connectivity index is 2.76. The van der Waals surface area contributed by atoms with Crippen LogP contribution in [0.3, 0.4) is 0 Å². The van der Waals surface area contributed by atoms with Crippen LogP contribution >= 0.6 is 0 Å². The molecule has 0 aliphatic carbocycles. The van der Waals surface area contributed by atoms with E-state index < -0.39 is 0 Å². The van der Waals surface area contributed by atoms with Crippen LogP contribution in [0.5, 0.6) is 0 Å². The maximum absolute atomic E-state index is 5.80. The van der Waals surface area contributed by atoms with Gasteiger partial charge in [-0.05, 0) is 11.1 Å². The van der Waals surface area contributed by atoms with E-state index in [4.69, 9.17) is 16.9 Å². The lowest BCUT2D eigenvalue weighted by atomic mass is 10.0. The zero-order chi connectivity index (χ0) is 12.5. The molecule has 0 amide bonds. The number of ether oxygens (including phenoxy) is 1. The Labute approximate surface area is 103 Å². The second-order valence-corrected chi connectivity index (χ2v) is 3.83. The number of terminal acetylenes is 1. The summed E-state index contributed by atoms with van der Waals surface area (Å²) in [5.41, 5.74) is 8.15. The highest BCUT2D eigenvalue weighted by Gasteiger charge is 2.12. The third kappa shape index (κ3) is 4.20. The van der Waals surface area contributed by atoms with Crippen molar-refractivity contribution in [1.82, 2.24) is 5.32 Å². The highest BCUT2D eigenvalue weighted by atomic mass is 16.5. The lowest BCUT2D eigenvalue weighted by Crippen LogP contribution is -2.29. The van der Waals surface area contributed by atoms with Gasteiger partial charge in [-0.2, -0.15) is 0 Å². The summed E-state index contributed by atoms with van der Waals surface area (Å²) in [6, 6.07) is 8.29. The molecule has 3 N–H and O–H groups in total. The first-order valence-electron chi connectivity index (χ1n) is 5.77. The second-order valence-electron chi connectivity index (χ2n) is 3.83. The van der Waals surface area contributed by atoms with Crippen molar-refractivity contribution in [3.63, 3.8) is 0 Å². The minimum Gasteiger partial charge on any atom is -0.380 e. The van der Waals surface area contributed by atoms with E-state index in [1.54, 1.807) is 7.11 Å². The Morgan fingerprint density at radius 2 is 2.24 bits per heavy atom. The first kappa shape index (κ1) is 13.7. The quantitative estimate of drug-likeness (QED) is 0.552. The molecular formula is C14H20N2O. The molecule has 92 valence electrons. The maximum Gasteiger partial charge on any atom is 0.0716 e. The van der Waals surface area contributed by atoms with Gasteiger partial charge >= 0.3 is 0 Å². The Hall–Kier alpha value is -1.34. The third-order valence-corrected chi connectivity index (χ3v) is 2.63. The van der Waals surface area contributed by atoms with E-state index in [-0.39, 0.29) is 6.04 Å². The van der Waals surface area contributed by atoms with E-state index in [1.165, 1.54) is 11.1 Å². The summed E-state index contributed by atoms with van der Waals surface area (Å²) in [5.74, 6) is 2.61. The van der Waals surface area contributed by atoms with Gasteiger partial charge in [-0.1, -0.05) is 24.3 Å². The van der Waals surface area contributed by atoms with Crippen molar-refractivity contribution >= 4 is 0 Å². The van der Waals surface area contributed by atoms with Crippen LogP contribution in [0.2, 0.25) is 0 Å². The summed E-state index contributed by atoms with van der Waals surface area (Å²) in [4.78, 5) is 0. The number of nitrogens with one attached hydrogen (secondary N) is 1. The summed E-state index contributed by atoms with van der Waals surface area (Å²) in [5, 5.41) is 3.36. The molecule has 0 heterocycles. The van der Waals surface area contributed by atoms with Crippen LogP contribution in [0.1, 0.15) is 23.6 Å². The molecule has 0 aromatic heterocycles. The van der Waals surface area contributed by atoms with E-state index in [9.17, 15) is 0 Å². The van der Waals surface area contributed by atoms with Crippen LogP contribution in [0.15, 0.2) is 24.3 Å².